The lowest BCUT2D eigenvalue weighted by atomic mass is 9.67. The number of nitrogens with zero attached hydrogens (tertiary/aromatic N) is 2. The first-order chi connectivity index (χ1) is 8.80. The first-order valence-electron chi connectivity index (χ1n) is 7.97. The highest BCUT2D eigenvalue weighted by Crippen LogP contribution is 2.44. The quantitative estimate of drug-likeness (QED) is 0.833. The molecule has 2 N–H and O–H groups in total. The summed E-state index contributed by atoms with van der Waals surface area (Å²) in [7, 11) is 2.26. The Balaban J connectivity index is 2.17. The zero-order valence-corrected chi connectivity index (χ0v) is 13.6. The van der Waals surface area contributed by atoms with Crippen LogP contribution in [0.25, 0.3) is 0 Å². The second-order valence-corrected chi connectivity index (χ2v) is 7.89. The van der Waals surface area contributed by atoms with Crippen molar-refractivity contribution in [1.82, 2.24) is 9.80 Å². The number of piperazine rings is 1. The molecule has 112 valence electrons. The Bertz CT molecular complexity index is 303. The van der Waals surface area contributed by atoms with Crippen LogP contribution in [-0.4, -0.2) is 54.1 Å². The van der Waals surface area contributed by atoms with E-state index in [1.54, 1.807) is 0 Å². The molecule has 1 aliphatic heterocycles. The van der Waals surface area contributed by atoms with E-state index in [-0.39, 0.29) is 5.54 Å². The van der Waals surface area contributed by atoms with E-state index in [4.69, 9.17) is 5.73 Å². The Hall–Kier alpha value is -0.120. The second kappa shape index (κ2) is 5.34. The van der Waals surface area contributed by atoms with Crippen LogP contribution in [0.1, 0.15) is 53.4 Å². The minimum atomic E-state index is 0.255. The molecule has 19 heavy (non-hydrogen) atoms. The van der Waals surface area contributed by atoms with Gasteiger partial charge < -0.3 is 5.73 Å². The van der Waals surface area contributed by atoms with Crippen molar-refractivity contribution in [2.45, 2.75) is 71.0 Å². The Labute approximate surface area is 119 Å². The van der Waals surface area contributed by atoms with Crippen molar-refractivity contribution in [1.29, 1.82) is 0 Å². The largest absolute Gasteiger partial charge is 0.329 e. The molecule has 1 saturated heterocycles. The fourth-order valence-electron chi connectivity index (χ4n) is 4.33. The van der Waals surface area contributed by atoms with Crippen molar-refractivity contribution in [3.8, 4) is 0 Å². The lowest BCUT2D eigenvalue weighted by molar-refractivity contribution is -0.0483. The monoisotopic (exact) mass is 267 g/mol. The van der Waals surface area contributed by atoms with Gasteiger partial charge in [0.25, 0.3) is 0 Å². The summed E-state index contributed by atoms with van der Waals surface area (Å²) in [6.07, 6.45) is 5.24. The van der Waals surface area contributed by atoms with Gasteiger partial charge in [-0.3, -0.25) is 9.80 Å². The number of hydrogen-bond donors (Lipinski definition) is 1. The molecule has 1 saturated carbocycles. The van der Waals surface area contributed by atoms with E-state index in [0.717, 1.165) is 6.54 Å². The number of rotatable bonds is 2. The van der Waals surface area contributed by atoms with Crippen molar-refractivity contribution in [3.05, 3.63) is 0 Å². The van der Waals surface area contributed by atoms with Crippen molar-refractivity contribution in [3.63, 3.8) is 0 Å². The van der Waals surface area contributed by atoms with Gasteiger partial charge in [-0.05, 0) is 45.6 Å². The van der Waals surface area contributed by atoms with Crippen LogP contribution in [0.4, 0.5) is 0 Å². The summed E-state index contributed by atoms with van der Waals surface area (Å²) in [4.78, 5) is 5.23. The molecule has 2 fully saturated rings. The molecule has 2 aliphatic rings. The van der Waals surface area contributed by atoms with Crippen LogP contribution in [-0.2, 0) is 0 Å². The third-order valence-electron chi connectivity index (χ3n) is 5.71. The summed E-state index contributed by atoms with van der Waals surface area (Å²) in [5.74, 6) is 0. The van der Waals surface area contributed by atoms with Crippen LogP contribution in [0.15, 0.2) is 0 Å². The van der Waals surface area contributed by atoms with Gasteiger partial charge in [0.2, 0.25) is 0 Å². The minimum Gasteiger partial charge on any atom is -0.329 e. The molecule has 0 spiro atoms. The molecular formula is C16H33N3. The summed E-state index contributed by atoms with van der Waals surface area (Å²) in [6, 6.07) is 1.27. The predicted molar refractivity (Wildman–Crippen MR) is 82.3 cm³/mol. The molecule has 0 bridgehead atoms. The zero-order valence-electron chi connectivity index (χ0n) is 13.6. The Kier molecular flexibility index (Phi) is 4.29. The molecule has 3 unspecified atom stereocenters. The molecular weight excluding hydrogens is 234 g/mol. The van der Waals surface area contributed by atoms with Crippen LogP contribution >= 0.6 is 0 Å². The van der Waals surface area contributed by atoms with Gasteiger partial charge in [-0.2, -0.15) is 0 Å². The maximum absolute atomic E-state index is 6.26. The van der Waals surface area contributed by atoms with E-state index in [2.05, 4.69) is 44.5 Å². The van der Waals surface area contributed by atoms with Gasteiger partial charge in [-0.1, -0.05) is 20.3 Å². The van der Waals surface area contributed by atoms with E-state index in [1.807, 2.05) is 0 Å². The Morgan fingerprint density at radius 2 is 1.68 bits per heavy atom. The van der Waals surface area contributed by atoms with Crippen LogP contribution in [0, 0.1) is 5.41 Å². The molecule has 1 aliphatic carbocycles. The molecule has 0 amide bonds. The minimum absolute atomic E-state index is 0.255. The van der Waals surface area contributed by atoms with Crippen molar-refractivity contribution >= 4 is 0 Å². The summed E-state index contributed by atoms with van der Waals surface area (Å²) in [5.41, 5.74) is 6.97. The molecule has 1 heterocycles. The van der Waals surface area contributed by atoms with Crippen molar-refractivity contribution in [2.24, 2.45) is 11.1 Å². The fraction of sp³-hybridized carbons (Fsp3) is 1.00. The second-order valence-electron chi connectivity index (χ2n) is 7.89. The molecule has 3 nitrogen and oxygen atoms in total. The standard InChI is InChI=1S/C16H33N3/c1-13-9-19(10-14(2)18(13)5)16(12-17)8-6-7-15(3,4)11-16/h13-14H,6-12,17H2,1-5H3. The first-order valence-corrected chi connectivity index (χ1v) is 7.97. The van der Waals surface area contributed by atoms with Crippen LogP contribution in [0.3, 0.4) is 0 Å². The van der Waals surface area contributed by atoms with Gasteiger partial charge in [0.05, 0.1) is 0 Å². The van der Waals surface area contributed by atoms with Crippen molar-refractivity contribution < 1.29 is 0 Å². The van der Waals surface area contributed by atoms with Gasteiger partial charge in [-0.15, -0.1) is 0 Å². The van der Waals surface area contributed by atoms with Crippen molar-refractivity contribution in [2.75, 3.05) is 26.7 Å². The number of hydrogen-bond acceptors (Lipinski definition) is 3. The zero-order chi connectivity index (χ0) is 14.3. The van der Waals surface area contributed by atoms with Gasteiger partial charge in [0.15, 0.2) is 0 Å². The molecule has 3 heteroatoms. The van der Waals surface area contributed by atoms with Crippen LogP contribution < -0.4 is 5.73 Å². The molecule has 0 aromatic heterocycles. The summed E-state index contributed by atoms with van der Waals surface area (Å²) >= 11 is 0. The van der Waals surface area contributed by atoms with E-state index < -0.39 is 0 Å². The fourth-order valence-corrected chi connectivity index (χ4v) is 4.33. The Morgan fingerprint density at radius 3 is 2.16 bits per heavy atom. The molecule has 2 rings (SSSR count). The molecule has 0 aromatic carbocycles. The maximum Gasteiger partial charge on any atom is 0.0338 e. The van der Waals surface area contributed by atoms with E-state index >= 15 is 0 Å². The molecule has 0 aromatic rings. The normalized spacial score (nSPS) is 41.4. The van der Waals surface area contributed by atoms with E-state index in [1.165, 1.54) is 38.8 Å². The average molecular weight is 267 g/mol. The molecule has 3 atom stereocenters. The summed E-state index contributed by atoms with van der Waals surface area (Å²) < 4.78 is 0. The van der Waals surface area contributed by atoms with Crippen LogP contribution in [0.2, 0.25) is 0 Å². The predicted octanol–water partition coefficient (Wildman–Crippen LogP) is 2.31. The van der Waals surface area contributed by atoms with Crippen LogP contribution in [0.5, 0.6) is 0 Å². The highest BCUT2D eigenvalue weighted by Gasteiger charge is 2.45. The third kappa shape index (κ3) is 2.98. The maximum atomic E-state index is 6.26. The summed E-state index contributed by atoms with van der Waals surface area (Å²) in [6.45, 7) is 12.7. The van der Waals surface area contributed by atoms with Gasteiger partial charge in [-0.25, -0.2) is 0 Å². The lowest BCUT2D eigenvalue weighted by Gasteiger charge is -2.55. The van der Waals surface area contributed by atoms with Gasteiger partial charge in [0, 0.05) is 37.3 Å². The van der Waals surface area contributed by atoms with E-state index in [9.17, 15) is 0 Å². The lowest BCUT2D eigenvalue weighted by Crippen LogP contribution is -2.66. The summed E-state index contributed by atoms with van der Waals surface area (Å²) in [5, 5.41) is 0. The van der Waals surface area contributed by atoms with E-state index in [0.29, 0.717) is 17.5 Å². The molecule has 0 radical (unpaired) electrons. The third-order valence-corrected chi connectivity index (χ3v) is 5.71. The highest BCUT2D eigenvalue weighted by atomic mass is 15.3. The smallest absolute Gasteiger partial charge is 0.0338 e. The van der Waals surface area contributed by atoms with Gasteiger partial charge in [0.1, 0.15) is 0 Å². The SMILES string of the molecule is CC1CN(C2(CN)CCCC(C)(C)C2)CC(C)N1C. The average Bonchev–Trinajstić information content (AvgIpc) is 2.34. The first kappa shape index (κ1) is 15.3. The number of nitrogens with two attached hydrogens (primary N) is 1. The Morgan fingerprint density at radius 1 is 1.11 bits per heavy atom. The highest BCUT2D eigenvalue weighted by molar-refractivity contribution is 5.02. The number of likely N-dealkylation sites (N-methyl/N-ethyl adjacent to an activating group) is 1. The van der Waals surface area contributed by atoms with Gasteiger partial charge >= 0.3 is 0 Å². The topological polar surface area (TPSA) is 32.5 Å².